The summed E-state index contributed by atoms with van der Waals surface area (Å²) in [6, 6.07) is 8.11. The number of fused-ring (bicyclic) bond motifs is 1. The van der Waals surface area contributed by atoms with Crippen molar-refractivity contribution >= 4 is 5.78 Å². The molecule has 0 spiro atoms. The van der Waals surface area contributed by atoms with Gasteiger partial charge >= 0.3 is 0 Å². The van der Waals surface area contributed by atoms with Gasteiger partial charge in [-0.2, -0.15) is 5.10 Å². The maximum absolute atomic E-state index is 11.6. The molecule has 1 aromatic carbocycles. The SMILES string of the molecule is CCn1nccc1-c1ccc2c(c1)CCC2=O. The monoisotopic (exact) mass is 226 g/mol. The van der Waals surface area contributed by atoms with Gasteiger partial charge in [-0.3, -0.25) is 9.48 Å². The highest BCUT2D eigenvalue weighted by Gasteiger charge is 2.19. The predicted molar refractivity (Wildman–Crippen MR) is 66.0 cm³/mol. The van der Waals surface area contributed by atoms with Gasteiger partial charge in [-0.15, -0.1) is 0 Å². The maximum atomic E-state index is 11.6. The number of carbonyl (C=O) groups is 1. The van der Waals surface area contributed by atoms with Gasteiger partial charge in [0.1, 0.15) is 0 Å². The van der Waals surface area contributed by atoms with Crippen molar-refractivity contribution in [3.63, 3.8) is 0 Å². The number of ketones is 1. The summed E-state index contributed by atoms with van der Waals surface area (Å²) in [4.78, 5) is 11.6. The van der Waals surface area contributed by atoms with E-state index in [1.807, 2.05) is 29.1 Å². The molecule has 1 aromatic heterocycles. The van der Waals surface area contributed by atoms with Crippen LogP contribution in [0.15, 0.2) is 30.5 Å². The van der Waals surface area contributed by atoms with E-state index < -0.39 is 0 Å². The van der Waals surface area contributed by atoms with Gasteiger partial charge in [0.15, 0.2) is 5.78 Å². The number of Topliss-reactive ketones (excluding diaryl/α,β-unsaturated/α-hetero) is 1. The lowest BCUT2D eigenvalue weighted by molar-refractivity contribution is 0.0994. The van der Waals surface area contributed by atoms with Gasteiger partial charge in [-0.25, -0.2) is 0 Å². The summed E-state index contributed by atoms with van der Waals surface area (Å²) in [6.07, 6.45) is 3.35. The third kappa shape index (κ3) is 1.58. The number of hydrogen-bond acceptors (Lipinski definition) is 2. The Morgan fingerprint density at radius 2 is 2.18 bits per heavy atom. The predicted octanol–water partition coefficient (Wildman–Crippen LogP) is 2.70. The fourth-order valence-corrected chi connectivity index (χ4v) is 2.44. The molecule has 0 radical (unpaired) electrons. The Kier molecular flexibility index (Phi) is 2.32. The quantitative estimate of drug-likeness (QED) is 0.789. The molecule has 0 aliphatic heterocycles. The zero-order valence-electron chi connectivity index (χ0n) is 9.81. The molecule has 0 fully saturated rings. The number of aryl methyl sites for hydroxylation is 2. The van der Waals surface area contributed by atoms with Crippen LogP contribution in [-0.2, 0) is 13.0 Å². The lowest BCUT2D eigenvalue weighted by Gasteiger charge is -2.06. The van der Waals surface area contributed by atoms with Crippen LogP contribution in [-0.4, -0.2) is 15.6 Å². The van der Waals surface area contributed by atoms with Gasteiger partial charge < -0.3 is 0 Å². The highest BCUT2D eigenvalue weighted by molar-refractivity contribution is 6.00. The summed E-state index contributed by atoms with van der Waals surface area (Å²) in [6.45, 7) is 2.94. The highest BCUT2D eigenvalue weighted by atomic mass is 16.1. The normalized spacial score (nSPS) is 14.1. The summed E-state index contributed by atoms with van der Waals surface area (Å²) < 4.78 is 1.97. The van der Waals surface area contributed by atoms with Crippen molar-refractivity contribution in [1.82, 2.24) is 9.78 Å². The zero-order chi connectivity index (χ0) is 11.8. The smallest absolute Gasteiger partial charge is 0.163 e. The number of hydrogen-bond donors (Lipinski definition) is 0. The molecule has 0 saturated heterocycles. The molecular formula is C14H14N2O. The molecule has 17 heavy (non-hydrogen) atoms. The third-order valence-electron chi connectivity index (χ3n) is 3.34. The van der Waals surface area contributed by atoms with Crippen molar-refractivity contribution in [3.05, 3.63) is 41.6 Å². The minimum atomic E-state index is 0.274. The summed E-state index contributed by atoms with van der Waals surface area (Å²) >= 11 is 0. The molecule has 3 heteroatoms. The summed E-state index contributed by atoms with van der Waals surface area (Å²) in [5.41, 5.74) is 4.35. The van der Waals surface area contributed by atoms with Crippen LogP contribution in [0.1, 0.15) is 29.3 Å². The molecule has 3 nitrogen and oxygen atoms in total. The Balaban J connectivity index is 2.09. The Morgan fingerprint density at radius 1 is 1.29 bits per heavy atom. The average molecular weight is 226 g/mol. The van der Waals surface area contributed by atoms with Crippen LogP contribution >= 0.6 is 0 Å². The third-order valence-corrected chi connectivity index (χ3v) is 3.34. The van der Waals surface area contributed by atoms with Gasteiger partial charge in [-0.1, -0.05) is 12.1 Å². The molecule has 86 valence electrons. The van der Waals surface area contributed by atoms with Crippen molar-refractivity contribution < 1.29 is 4.79 Å². The molecule has 3 rings (SSSR count). The summed E-state index contributed by atoms with van der Waals surface area (Å²) in [5.74, 6) is 0.274. The average Bonchev–Trinajstić information content (AvgIpc) is 2.96. The minimum absolute atomic E-state index is 0.274. The molecule has 0 amide bonds. The highest BCUT2D eigenvalue weighted by Crippen LogP contribution is 2.27. The van der Waals surface area contributed by atoms with Crippen molar-refractivity contribution in [1.29, 1.82) is 0 Å². The van der Waals surface area contributed by atoms with Crippen molar-refractivity contribution in [2.75, 3.05) is 0 Å². The van der Waals surface area contributed by atoms with Gasteiger partial charge in [0, 0.05) is 30.3 Å². The fourth-order valence-electron chi connectivity index (χ4n) is 2.44. The van der Waals surface area contributed by atoms with Crippen molar-refractivity contribution in [2.24, 2.45) is 0 Å². The first-order valence-corrected chi connectivity index (χ1v) is 5.98. The van der Waals surface area contributed by atoms with Crippen molar-refractivity contribution in [3.8, 4) is 11.3 Å². The molecular weight excluding hydrogens is 212 g/mol. The number of aromatic nitrogens is 2. The minimum Gasteiger partial charge on any atom is -0.294 e. The Labute approximate surface area is 100 Å². The number of carbonyl (C=O) groups excluding carboxylic acids is 1. The van der Waals surface area contributed by atoms with E-state index >= 15 is 0 Å². The van der Waals surface area contributed by atoms with Crippen LogP contribution < -0.4 is 0 Å². The lowest BCUT2D eigenvalue weighted by Crippen LogP contribution is -1.99. The van der Waals surface area contributed by atoms with Crippen LogP contribution in [0.5, 0.6) is 0 Å². The van der Waals surface area contributed by atoms with Gasteiger partial charge in [0.05, 0.1) is 5.69 Å². The molecule has 1 heterocycles. The largest absolute Gasteiger partial charge is 0.294 e. The van der Waals surface area contributed by atoms with E-state index in [-0.39, 0.29) is 5.78 Å². The molecule has 0 unspecified atom stereocenters. The van der Waals surface area contributed by atoms with Gasteiger partial charge in [0.25, 0.3) is 0 Å². The lowest BCUT2D eigenvalue weighted by atomic mass is 10.0. The number of rotatable bonds is 2. The Morgan fingerprint density at radius 3 is 3.00 bits per heavy atom. The van der Waals surface area contributed by atoms with Crippen LogP contribution in [0.2, 0.25) is 0 Å². The first-order chi connectivity index (χ1) is 8.29. The summed E-state index contributed by atoms with van der Waals surface area (Å²) in [5, 5.41) is 4.27. The Bertz CT molecular complexity index is 584. The molecule has 0 bridgehead atoms. The molecule has 0 saturated carbocycles. The van der Waals surface area contributed by atoms with Gasteiger partial charge in [-0.05, 0) is 31.0 Å². The summed E-state index contributed by atoms with van der Waals surface area (Å²) in [7, 11) is 0. The van der Waals surface area contributed by atoms with E-state index in [9.17, 15) is 4.79 Å². The first-order valence-electron chi connectivity index (χ1n) is 5.98. The molecule has 0 N–H and O–H groups in total. The molecule has 1 aliphatic rings. The van der Waals surface area contributed by atoms with Gasteiger partial charge in [0.2, 0.25) is 0 Å². The second-order valence-corrected chi connectivity index (χ2v) is 4.33. The van der Waals surface area contributed by atoms with E-state index in [1.165, 1.54) is 5.56 Å². The van der Waals surface area contributed by atoms with Crippen LogP contribution in [0.4, 0.5) is 0 Å². The zero-order valence-corrected chi connectivity index (χ0v) is 9.81. The second kappa shape index (κ2) is 3.84. The van der Waals surface area contributed by atoms with Crippen molar-refractivity contribution in [2.45, 2.75) is 26.3 Å². The van der Waals surface area contributed by atoms with Crippen LogP contribution in [0.25, 0.3) is 11.3 Å². The molecule has 0 atom stereocenters. The van der Waals surface area contributed by atoms with E-state index in [0.717, 1.165) is 29.8 Å². The second-order valence-electron chi connectivity index (χ2n) is 4.33. The fraction of sp³-hybridized carbons (Fsp3) is 0.286. The maximum Gasteiger partial charge on any atom is 0.163 e. The molecule has 1 aliphatic carbocycles. The van der Waals surface area contributed by atoms with E-state index in [0.29, 0.717) is 6.42 Å². The topological polar surface area (TPSA) is 34.9 Å². The number of nitrogens with zero attached hydrogens (tertiary/aromatic N) is 2. The van der Waals surface area contributed by atoms with E-state index in [2.05, 4.69) is 18.1 Å². The molecule has 2 aromatic rings. The standard InChI is InChI=1S/C14H14N2O/c1-2-16-13(7-8-15-16)11-3-5-12-10(9-11)4-6-14(12)17/h3,5,7-9H,2,4,6H2,1H3. The number of benzene rings is 1. The van der Waals surface area contributed by atoms with E-state index in [4.69, 9.17) is 0 Å². The van der Waals surface area contributed by atoms with Crippen LogP contribution in [0, 0.1) is 0 Å². The van der Waals surface area contributed by atoms with Crippen LogP contribution in [0.3, 0.4) is 0 Å². The Hall–Kier alpha value is -1.90. The van der Waals surface area contributed by atoms with E-state index in [1.54, 1.807) is 0 Å². The first kappa shape index (κ1) is 10.3.